The lowest BCUT2D eigenvalue weighted by molar-refractivity contribution is -0.116. The molecule has 1 rings (SSSR count). The van der Waals surface area contributed by atoms with Crippen molar-refractivity contribution in [2.24, 2.45) is 0 Å². The molecule has 0 saturated carbocycles. The van der Waals surface area contributed by atoms with Gasteiger partial charge in [-0.2, -0.15) is 0 Å². The summed E-state index contributed by atoms with van der Waals surface area (Å²) in [6.45, 7) is 5.48. The minimum atomic E-state index is -0.687. The van der Waals surface area contributed by atoms with E-state index in [4.69, 9.17) is 11.6 Å². The van der Waals surface area contributed by atoms with E-state index in [1.807, 2.05) is 31.2 Å². The van der Waals surface area contributed by atoms with Gasteiger partial charge in [0.2, 0.25) is 5.24 Å². The first kappa shape index (κ1) is 12.5. The molecular weight excluding hydrogens is 275 g/mol. The molecule has 0 heterocycles. The molecule has 0 saturated heterocycles. The number of carbonyl (C=O) groups is 1. The monoisotopic (exact) mass is 286 g/mol. The van der Waals surface area contributed by atoms with Crippen LogP contribution in [-0.2, 0) is 10.2 Å². The second-order valence-corrected chi connectivity index (χ2v) is 4.87. The number of allylic oxidation sites excluding steroid dienone is 1. The summed E-state index contributed by atoms with van der Waals surface area (Å²) in [6, 6.07) is 7.61. The van der Waals surface area contributed by atoms with E-state index in [2.05, 4.69) is 22.5 Å². The maximum Gasteiger partial charge on any atom is 0.232 e. The second-order valence-electron chi connectivity index (χ2n) is 3.61. The van der Waals surface area contributed by atoms with Crippen molar-refractivity contribution in [1.29, 1.82) is 0 Å². The van der Waals surface area contributed by atoms with Crippen molar-refractivity contribution in [3.05, 3.63) is 47.0 Å². The Morgan fingerprint density at radius 2 is 2.33 bits per heavy atom. The Kier molecular flexibility index (Phi) is 4.12. The quantitative estimate of drug-likeness (QED) is 0.603. The lowest BCUT2D eigenvalue weighted by atomic mass is 9.81. The zero-order chi connectivity index (χ0) is 11.5. The molecule has 80 valence electrons. The summed E-state index contributed by atoms with van der Waals surface area (Å²) in [4.78, 5) is 11.5. The molecule has 0 radical (unpaired) electrons. The van der Waals surface area contributed by atoms with E-state index in [9.17, 15) is 4.79 Å². The molecule has 0 fully saturated rings. The van der Waals surface area contributed by atoms with Gasteiger partial charge in [-0.05, 0) is 42.6 Å². The number of halogens is 2. The van der Waals surface area contributed by atoms with E-state index in [-0.39, 0.29) is 5.24 Å². The van der Waals surface area contributed by atoms with Crippen LogP contribution >= 0.6 is 27.5 Å². The Morgan fingerprint density at radius 3 is 2.80 bits per heavy atom. The molecule has 0 amide bonds. The molecule has 0 aliphatic carbocycles. The molecule has 1 aromatic rings. The molecular formula is C12H12BrClO. The summed E-state index contributed by atoms with van der Waals surface area (Å²) in [5.41, 5.74) is 0.212. The fourth-order valence-electron chi connectivity index (χ4n) is 1.43. The van der Waals surface area contributed by atoms with Crippen LogP contribution in [0.15, 0.2) is 41.4 Å². The van der Waals surface area contributed by atoms with Crippen molar-refractivity contribution in [3.8, 4) is 0 Å². The lowest BCUT2D eigenvalue weighted by Crippen LogP contribution is -2.28. The molecule has 1 unspecified atom stereocenters. The fourth-order valence-corrected chi connectivity index (χ4v) is 2.02. The van der Waals surface area contributed by atoms with E-state index in [1.165, 1.54) is 0 Å². The van der Waals surface area contributed by atoms with E-state index in [1.54, 1.807) is 6.08 Å². The highest BCUT2D eigenvalue weighted by Crippen LogP contribution is 2.32. The standard InChI is InChI=1S/C12H12BrClO/c1-3-7-12(2,11(14)15)9-5-4-6-10(13)8-9/h3-6,8H,1,7H2,2H3. The smallest absolute Gasteiger partial charge is 0.232 e. The number of carbonyl (C=O) groups excluding carboxylic acids is 1. The van der Waals surface area contributed by atoms with Gasteiger partial charge in [-0.25, -0.2) is 0 Å². The first-order chi connectivity index (χ1) is 7.00. The predicted octanol–water partition coefficient (Wildman–Crippen LogP) is 4.05. The minimum Gasteiger partial charge on any atom is -0.280 e. The third-order valence-corrected chi connectivity index (χ3v) is 3.36. The summed E-state index contributed by atoms with van der Waals surface area (Å²) in [6.07, 6.45) is 2.24. The van der Waals surface area contributed by atoms with Gasteiger partial charge in [0, 0.05) is 4.47 Å². The van der Waals surface area contributed by atoms with Crippen LogP contribution in [0.2, 0.25) is 0 Å². The summed E-state index contributed by atoms with van der Waals surface area (Å²) >= 11 is 9.02. The van der Waals surface area contributed by atoms with E-state index in [0.717, 1.165) is 10.0 Å². The van der Waals surface area contributed by atoms with Crippen LogP contribution in [0, 0.1) is 0 Å². The Bertz CT molecular complexity index is 389. The Morgan fingerprint density at radius 1 is 1.67 bits per heavy atom. The summed E-state index contributed by atoms with van der Waals surface area (Å²) in [7, 11) is 0. The largest absolute Gasteiger partial charge is 0.280 e. The predicted molar refractivity (Wildman–Crippen MR) is 67.2 cm³/mol. The first-order valence-electron chi connectivity index (χ1n) is 4.57. The van der Waals surface area contributed by atoms with Crippen LogP contribution in [0.3, 0.4) is 0 Å². The maximum absolute atomic E-state index is 11.5. The average molecular weight is 288 g/mol. The van der Waals surface area contributed by atoms with Crippen LogP contribution in [0.25, 0.3) is 0 Å². The average Bonchev–Trinajstić information content (AvgIpc) is 2.17. The maximum atomic E-state index is 11.5. The van der Waals surface area contributed by atoms with Crippen molar-refractivity contribution in [2.75, 3.05) is 0 Å². The van der Waals surface area contributed by atoms with Crippen LogP contribution in [-0.4, -0.2) is 5.24 Å². The third kappa shape index (κ3) is 2.70. The second kappa shape index (κ2) is 4.95. The van der Waals surface area contributed by atoms with Gasteiger partial charge in [-0.3, -0.25) is 4.79 Å². The molecule has 0 aromatic heterocycles. The highest BCUT2D eigenvalue weighted by atomic mass is 79.9. The molecule has 0 N–H and O–H groups in total. The highest BCUT2D eigenvalue weighted by molar-refractivity contribution is 9.10. The molecule has 1 nitrogen and oxygen atoms in total. The Hall–Kier alpha value is -0.600. The van der Waals surface area contributed by atoms with Gasteiger partial charge in [-0.15, -0.1) is 6.58 Å². The van der Waals surface area contributed by atoms with Gasteiger partial charge < -0.3 is 0 Å². The van der Waals surface area contributed by atoms with Crippen LogP contribution in [0.1, 0.15) is 18.9 Å². The van der Waals surface area contributed by atoms with Crippen molar-refractivity contribution in [2.45, 2.75) is 18.8 Å². The van der Waals surface area contributed by atoms with Gasteiger partial charge in [0.05, 0.1) is 5.41 Å². The van der Waals surface area contributed by atoms with Crippen LogP contribution < -0.4 is 0 Å². The number of hydrogen-bond acceptors (Lipinski definition) is 1. The van der Waals surface area contributed by atoms with Crippen molar-refractivity contribution < 1.29 is 4.79 Å². The zero-order valence-electron chi connectivity index (χ0n) is 8.47. The first-order valence-corrected chi connectivity index (χ1v) is 5.74. The minimum absolute atomic E-state index is 0.361. The van der Waals surface area contributed by atoms with E-state index in [0.29, 0.717) is 6.42 Å². The van der Waals surface area contributed by atoms with E-state index >= 15 is 0 Å². The lowest BCUT2D eigenvalue weighted by Gasteiger charge is -2.24. The van der Waals surface area contributed by atoms with E-state index < -0.39 is 5.41 Å². The van der Waals surface area contributed by atoms with Gasteiger partial charge in [-0.1, -0.05) is 34.1 Å². The van der Waals surface area contributed by atoms with Crippen LogP contribution in [0.5, 0.6) is 0 Å². The Labute approximate surface area is 103 Å². The summed E-state index contributed by atoms with van der Waals surface area (Å²) in [5, 5.41) is -0.361. The highest BCUT2D eigenvalue weighted by Gasteiger charge is 2.32. The zero-order valence-corrected chi connectivity index (χ0v) is 10.8. The van der Waals surface area contributed by atoms with Gasteiger partial charge >= 0.3 is 0 Å². The SMILES string of the molecule is C=CCC(C)(C(=O)Cl)c1cccc(Br)c1. The van der Waals surface area contributed by atoms with Crippen molar-refractivity contribution in [1.82, 2.24) is 0 Å². The van der Waals surface area contributed by atoms with Gasteiger partial charge in [0.15, 0.2) is 0 Å². The Balaban J connectivity index is 3.20. The molecule has 15 heavy (non-hydrogen) atoms. The number of hydrogen-bond donors (Lipinski definition) is 0. The summed E-state index contributed by atoms with van der Waals surface area (Å²) in [5.74, 6) is 0. The molecule has 1 atom stereocenters. The van der Waals surface area contributed by atoms with Crippen LogP contribution in [0.4, 0.5) is 0 Å². The molecule has 0 bridgehead atoms. The van der Waals surface area contributed by atoms with Crippen molar-refractivity contribution in [3.63, 3.8) is 0 Å². The van der Waals surface area contributed by atoms with Crippen molar-refractivity contribution >= 4 is 32.8 Å². The third-order valence-electron chi connectivity index (χ3n) is 2.45. The molecule has 0 spiro atoms. The summed E-state index contributed by atoms with van der Waals surface area (Å²) < 4.78 is 0.938. The normalized spacial score (nSPS) is 14.3. The molecule has 1 aromatic carbocycles. The number of benzene rings is 1. The fraction of sp³-hybridized carbons (Fsp3) is 0.250. The number of rotatable bonds is 4. The van der Waals surface area contributed by atoms with Gasteiger partial charge in [0.1, 0.15) is 0 Å². The van der Waals surface area contributed by atoms with Gasteiger partial charge in [0.25, 0.3) is 0 Å². The molecule has 0 aliphatic heterocycles. The molecule has 3 heteroatoms. The molecule has 0 aliphatic rings. The topological polar surface area (TPSA) is 17.1 Å².